The number of amides is 1. The second-order valence-electron chi connectivity index (χ2n) is 6.90. The average Bonchev–Trinajstić information content (AvgIpc) is 2.66. The van der Waals surface area contributed by atoms with E-state index in [1.165, 1.54) is 6.07 Å². The molecule has 0 aliphatic heterocycles. The summed E-state index contributed by atoms with van der Waals surface area (Å²) in [4.78, 5) is 22.6. The maximum Gasteiger partial charge on any atom is 0.416 e. The number of nitrogen functional groups attached to an aromatic ring is 1. The lowest BCUT2D eigenvalue weighted by Gasteiger charge is -2.31. The van der Waals surface area contributed by atoms with Crippen LogP contribution in [0, 0.1) is 11.3 Å². The number of nitrogens with two attached hydrogens (primary N) is 2. The number of carbonyl (C=O) groups excluding carboxylic acids is 1. The van der Waals surface area contributed by atoms with E-state index in [1.54, 1.807) is 25.9 Å². The van der Waals surface area contributed by atoms with Crippen molar-refractivity contribution in [1.29, 1.82) is 5.26 Å². The summed E-state index contributed by atoms with van der Waals surface area (Å²) < 4.78 is 44.4. The molecule has 9 nitrogen and oxygen atoms in total. The molecule has 0 spiro atoms. The highest BCUT2D eigenvalue weighted by Gasteiger charge is 2.42. The van der Waals surface area contributed by atoms with Crippen LogP contribution in [-0.2, 0) is 16.5 Å². The summed E-state index contributed by atoms with van der Waals surface area (Å²) in [7, 11) is 3.25. The molecule has 0 radical (unpaired) electrons. The first kappa shape index (κ1) is 23.8. The van der Waals surface area contributed by atoms with Gasteiger partial charge in [-0.2, -0.15) is 23.4 Å². The van der Waals surface area contributed by atoms with Crippen molar-refractivity contribution in [3.8, 4) is 11.9 Å². The normalized spacial score (nSPS) is 13.4. The van der Waals surface area contributed by atoms with Gasteiger partial charge in [-0.25, -0.2) is 4.98 Å². The molecule has 2 rings (SSSR count). The van der Waals surface area contributed by atoms with Crippen LogP contribution in [0.3, 0.4) is 0 Å². The molecular formula is C19H22F3N7O2. The third-order valence-corrected chi connectivity index (χ3v) is 4.13. The maximum atomic E-state index is 13.2. The Labute approximate surface area is 176 Å². The highest BCUT2D eigenvalue weighted by Crippen LogP contribution is 2.32. The molecule has 0 bridgehead atoms. The Kier molecular flexibility index (Phi) is 7.04. The number of carbonyl (C=O) groups is 1. The van der Waals surface area contributed by atoms with Gasteiger partial charge in [0.05, 0.1) is 17.9 Å². The standard InChI is InChI=1S/C19H22F3N7O2/c1-4-31-15-13(9-23)14(27-17(24)28-15)18(25,10-29(2)3)16(30)26-12-7-5-6-11(8-12)19(20,21)22/h5-8H,4,10,25H2,1-3H3,(H,26,30)(H2,24,27,28)/t18-/m1/s1. The molecule has 31 heavy (non-hydrogen) atoms. The number of ether oxygens (including phenoxy) is 1. The van der Waals surface area contributed by atoms with Gasteiger partial charge in [-0.1, -0.05) is 6.07 Å². The minimum Gasteiger partial charge on any atom is -0.477 e. The Morgan fingerprint density at radius 3 is 2.55 bits per heavy atom. The van der Waals surface area contributed by atoms with E-state index < -0.39 is 23.2 Å². The van der Waals surface area contributed by atoms with E-state index in [9.17, 15) is 23.2 Å². The van der Waals surface area contributed by atoms with Gasteiger partial charge in [-0.15, -0.1) is 0 Å². The molecule has 0 fully saturated rings. The number of likely N-dealkylation sites (N-methyl/N-ethyl adjacent to an activating group) is 1. The van der Waals surface area contributed by atoms with E-state index in [-0.39, 0.29) is 41.9 Å². The Morgan fingerprint density at radius 1 is 1.32 bits per heavy atom. The number of benzene rings is 1. The molecule has 1 amide bonds. The largest absolute Gasteiger partial charge is 0.477 e. The molecule has 0 unspecified atom stereocenters. The minimum absolute atomic E-state index is 0.126. The van der Waals surface area contributed by atoms with Gasteiger partial charge in [-0.05, 0) is 39.2 Å². The van der Waals surface area contributed by atoms with Gasteiger partial charge in [0, 0.05) is 12.2 Å². The first-order valence-corrected chi connectivity index (χ1v) is 9.05. The van der Waals surface area contributed by atoms with Gasteiger partial charge in [0.15, 0.2) is 5.54 Å². The van der Waals surface area contributed by atoms with E-state index in [4.69, 9.17) is 16.2 Å². The molecule has 1 heterocycles. The summed E-state index contributed by atoms with van der Waals surface area (Å²) in [6.07, 6.45) is -4.59. The topological polar surface area (TPSA) is 143 Å². The molecule has 1 atom stereocenters. The third kappa shape index (κ3) is 5.39. The van der Waals surface area contributed by atoms with E-state index in [1.807, 2.05) is 6.07 Å². The second-order valence-corrected chi connectivity index (χ2v) is 6.90. The van der Waals surface area contributed by atoms with Crippen molar-refractivity contribution in [2.24, 2.45) is 5.73 Å². The van der Waals surface area contributed by atoms with Crippen LogP contribution in [0.4, 0.5) is 24.8 Å². The number of anilines is 2. The molecule has 0 aliphatic rings. The van der Waals surface area contributed by atoms with Gasteiger partial charge in [0.2, 0.25) is 11.8 Å². The van der Waals surface area contributed by atoms with Crippen LogP contribution in [0.1, 0.15) is 23.7 Å². The number of hydrogen-bond donors (Lipinski definition) is 3. The molecule has 2 aromatic rings. The van der Waals surface area contributed by atoms with Crippen molar-refractivity contribution in [3.63, 3.8) is 0 Å². The zero-order valence-electron chi connectivity index (χ0n) is 17.1. The zero-order valence-corrected chi connectivity index (χ0v) is 17.1. The number of aromatic nitrogens is 2. The van der Waals surface area contributed by atoms with Crippen molar-refractivity contribution in [2.75, 3.05) is 38.3 Å². The van der Waals surface area contributed by atoms with Crippen molar-refractivity contribution >= 4 is 17.5 Å². The van der Waals surface area contributed by atoms with Crippen LogP contribution in [0.5, 0.6) is 5.88 Å². The summed E-state index contributed by atoms with van der Waals surface area (Å²) >= 11 is 0. The lowest BCUT2D eigenvalue weighted by molar-refractivity contribution is -0.137. The minimum atomic E-state index is -4.59. The van der Waals surface area contributed by atoms with Gasteiger partial charge in [-0.3, -0.25) is 4.79 Å². The van der Waals surface area contributed by atoms with Crippen molar-refractivity contribution in [1.82, 2.24) is 14.9 Å². The molecule has 1 aromatic carbocycles. The molecule has 1 aromatic heterocycles. The quantitative estimate of drug-likeness (QED) is 0.594. The fourth-order valence-electron chi connectivity index (χ4n) is 2.89. The number of hydrogen-bond acceptors (Lipinski definition) is 8. The van der Waals surface area contributed by atoms with Crippen LogP contribution in [0.15, 0.2) is 24.3 Å². The summed E-state index contributed by atoms with van der Waals surface area (Å²) in [5.74, 6) is -1.32. The number of alkyl halides is 3. The predicted octanol–water partition coefficient (Wildman–Crippen LogP) is 1.70. The zero-order chi connectivity index (χ0) is 23.4. The molecule has 5 N–H and O–H groups in total. The molecule has 0 saturated carbocycles. The van der Waals surface area contributed by atoms with Crippen LogP contribution in [0.25, 0.3) is 0 Å². The number of rotatable bonds is 7. The Balaban J connectivity index is 2.57. The number of nitriles is 1. The smallest absolute Gasteiger partial charge is 0.416 e. The summed E-state index contributed by atoms with van der Waals surface area (Å²) in [5.41, 5.74) is 8.71. The number of halogens is 3. The molecule has 0 aliphatic carbocycles. The summed E-state index contributed by atoms with van der Waals surface area (Å²) in [6.45, 7) is 1.68. The maximum absolute atomic E-state index is 13.2. The summed E-state index contributed by atoms with van der Waals surface area (Å²) in [5, 5.41) is 12.0. The van der Waals surface area contributed by atoms with E-state index >= 15 is 0 Å². The third-order valence-electron chi connectivity index (χ3n) is 4.13. The predicted molar refractivity (Wildman–Crippen MR) is 107 cm³/mol. The average molecular weight is 437 g/mol. The van der Waals surface area contributed by atoms with Crippen LogP contribution in [0.2, 0.25) is 0 Å². The van der Waals surface area contributed by atoms with Gasteiger partial charge < -0.3 is 26.4 Å². The van der Waals surface area contributed by atoms with Gasteiger partial charge in [0.1, 0.15) is 11.6 Å². The van der Waals surface area contributed by atoms with Crippen molar-refractivity contribution in [3.05, 3.63) is 41.1 Å². The highest BCUT2D eigenvalue weighted by atomic mass is 19.4. The van der Waals surface area contributed by atoms with E-state index in [0.29, 0.717) is 0 Å². The lowest BCUT2D eigenvalue weighted by Crippen LogP contribution is -2.55. The Bertz CT molecular complexity index is 1000. The Morgan fingerprint density at radius 2 is 2.00 bits per heavy atom. The molecule has 0 saturated heterocycles. The van der Waals surface area contributed by atoms with E-state index in [2.05, 4.69) is 15.3 Å². The second kappa shape index (κ2) is 9.15. The first-order valence-electron chi connectivity index (χ1n) is 9.05. The van der Waals surface area contributed by atoms with Crippen LogP contribution in [-0.4, -0.2) is 48.0 Å². The van der Waals surface area contributed by atoms with Gasteiger partial charge in [0.25, 0.3) is 5.91 Å². The number of nitrogens with one attached hydrogen (secondary N) is 1. The van der Waals surface area contributed by atoms with Crippen LogP contribution >= 0.6 is 0 Å². The lowest BCUT2D eigenvalue weighted by atomic mass is 9.90. The molecule has 12 heteroatoms. The van der Waals surface area contributed by atoms with Crippen LogP contribution < -0.4 is 21.5 Å². The fraction of sp³-hybridized carbons (Fsp3) is 0.368. The van der Waals surface area contributed by atoms with Crippen molar-refractivity contribution in [2.45, 2.75) is 18.6 Å². The fourth-order valence-corrected chi connectivity index (χ4v) is 2.89. The highest BCUT2D eigenvalue weighted by molar-refractivity contribution is 5.99. The molecule has 166 valence electrons. The SMILES string of the molecule is CCOc1nc(N)nc([C@](N)(CN(C)C)C(=O)Nc2cccc(C(F)(F)F)c2)c1C#N. The van der Waals surface area contributed by atoms with E-state index in [0.717, 1.165) is 18.2 Å². The van der Waals surface area contributed by atoms with Gasteiger partial charge >= 0.3 is 6.18 Å². The Hall–Kier alpha value is -3.43. The first-order chi connectivity index (χ1) is 14.4. The monoisotopic (exact) mass is 437 g/mol. The summed E-state index contributed by atoms with van der Waals surface area (Å²) in [6, 6.07) is 5.96. The number of nitrogens with zero attached hydrogens (tertiary/aromatic N) is 4. The molecular weight excluding hydrogens is 415 g/mol. The van der Waals surface area contributed by atoms with Crippen molar-refractivity contribution < 1.29 is 22.7 Å².